The second-order valence-electron chi connectivity index (χ2n) is 7.32. The van der Waals surface area contributed by atoms with Crippen molar-refractivity contribution in [3.05, 3.63) is 24.3 Å². The number of hydrogen-bond donors (Lipinski definition) is 1. The Morgan fingerprint density at radius 3 is 2.75 bits per heavy atom. The summed E-state index contributed by atoms with van der Waals surface area (Å²) in [7, 11) is 1.65. The van der Waals surface area contributed by atoms with Crippen LogP contribution < -0.4 is 10.1 Å². The minimum atomic E-state index is -0.225. The Hall–Kier alpha value is -2.06. The lowest BCUT2D eigenvalue weighted by Gasteiger charge is -2.16. The van der Waals surface area contributed by atoms with Gasteiger partial charge in [-0.1, -0.05) is 11.8 Å². The molecule has 1 aliphatic carbocycles. The summed E-state index contributed by atoms with van der Waals surface area (Å²) in [5.74, 6) is 1.65. The van der Waals surface area contributed by atoms with Crippen molar-refractivity contribution in [1.29, 1.82) is 0 Å². The zero-order valence-electron chi connectivity index (χ0n) is 16.3. The van der Waals surface area contributed by atoms with Crippen LogP contribution in [0.15, 0.2) is 29.4 Å². The van der Waals surface area contributed by atoms with Gasteiger partial charge in [-0.05, 0) is 56.9 Å². The van der Waals surface area contributed by atoms with Crippen molar-refractivity contribution in [3.63, 3.8) is 0 Å². The van der Waals surface area contributed by atoms with Gasteiger partial charge in [0.1, 0.15) is 5.75 Å². The van der Waals surface area contributed by atoms with E-state index in [1.807, 2.05) is 31.2 Å². The molecule has 28 heavy (non-hydrogen) atoms. The molecule has 7 nitrogen and oxygen atoms in total. The van der Waals surface area contributed by atoms with Gasteiger partial charge in [-0.2, -0.15) is 0 Å². The highest BCUT2D eigenvalue weighted by molar-refractivity contribution is 8.00. The van der Waals surface area contributed by atoms with E-state index in [1.165, 1.54) is 11.8 Å². The number of amides is 1. The monoisotopic (exact) mass is 402 g/mol. The van der Waals surface area contributed by atoms with Gasteiger partial charge < -0.3 is 14.8 Å². The third kappa shape index (κ3) is 4.50. The molecule has 0 bridgehead atoms. The Kier molecular flexibility index (Phi) is 5.87. The van der Waals surface area contributed by atoms with E-state index in [-0.39, 0.29) is 17.3 Å². The van der Waals surface area contributed by atoms with Crippen molar-refractivity contribution in [3.8, 4) is 17.1 Å². The quantitative estimate of drug-likeness (QED) is 0.684. The number of rotatable bonds is 8. The zero-order valence-corrected chi connectivity index (χ0v) is 17.1. The van der Waals surface area contributed by atoms with E-state index in [1.54, 1.807) is 7.11 Å². The number of thioether (sulfide) groups is 1. The molecule has 8 heteroatoms. The summed E-state index contributed by atoms with van der Waals surface area (Å²) in [6.45, 7) is 3.40. The first-order valence-electron chi connectivity index (χ1n) is 9.80. The van der Waals surface area contributed by atoms with Crippen LogP contribution in [0.3, 0.4) is 0 Å². The van der Waals surface area contributed by atoms with Crippen molar-refractivity contribution in [1.82, 2.24) is 20.1 Å². The van der Waals surface area contributed by atoms with E-state index in [0.717, 1.165) is 54.6 Å². The Labute approximate surface area is 169 Å². The molecule has 1 saturated carbocycles. The van der Waals surface area contributed by atoms with E-state index in [9.17, 15) is 4.79 Å². The predicted octanol–water partition coefficient (Wildman–Crippen LogP) is 2.89. The highest BCUT2D eigenvalue weighted by atomic mass is 32.2. The Morgan fingerprint density at radius 1 is 1.32 bits per heavy atom. The van der Waals surface area contributed by atoms with Crippen LogP contribution in [0.25, 0.3) is 11.4 Å². The molecule has 4 rings (SSSR count). The van der Waals surface area contributed by atoms with Gasteiger partial charge >= 0.3 is 0 Å². The molecular formula is C20H26N4O3S. The van der Waals surface area contributed by atoms with E-state index in [0.29, 0.717) is 12.6 Å². The summed E-state index contributed by atoms with van der Waals surface area (Å²) in [6.07, 6.45) is 4.43. The fourth-order valence-electron chi connectivity index (χ4n) is 3.24. The highest BCUT2D eigenvalue weighted by Crippen LogP contribution is 2.30. The fourth-order valence-corrected chi connectivity index (χ4v) is 4.11. The summed E-state index contributed by atoms with van der Waals surface area (Å²) < 4.78 is 13.2. The molecule has 1 N–H and O–H groups in total. The summed E-state index contributed by atoms with van der Waals surface area (Å²) >= 11 is 1.45. The lowest BCUT2D eigenvalue weighted by atomic mass is 10.2. The number of hydrogen-bond acceptors (Lipinski definition) is 6. The van der Waals surface area contributed by atoms with Gasteiger partial charge in [-0.3, -0.25) is 9.36 Å². The number of aromatic nitrogens is 3. The average molecular weight is 403 g/mol. The molecule has 0 spiro atoms. The summed E-state index contributed by atoms with van der Waals surface area (Å²) in [5, 5.41) is 12.4. The molecule has 2 aromatic rings. The standard InChI is InChI=1S/C20H26N4O3S/c1-13(19(25)21-15-7-8-15)28-20-23-22-18(14-5-9-16(26-2)10-6-14)24(20)12-17-4-3-11-27-17/h5-6,9-10,13,15,17H,3-4,7-8,11-12H2,1-2H3,(H,21,25)/t13-,17-/m1/s1. The maximum atomic E-state index is 12.4. The molecule has 2 fully saturated rings. The second-order valence-corrected chi connectivity index (χ2v) is 8.63. The van der Waals surface area contributed by atoms with E-state index in [2.05, 4.69) is 20.1 Å². The largest absolute Gasteiger partial charge is 0.497 e. The number of benzene rings is 1. The number of nitrogens with zero attached hydrogens (tertiary/aromatic N) is 3. The Balaban J connectivity index is 1.57. The molecule has 1 aromatic carbocycles. The van der Waals surface area contributed by atoms with Crippen LogP contribution in [0.4, 0.5) is 0 Å². The molecule has 0 unspecified atom stereocenters. The van der Waals surface area contributed by atoms with Gasteiger partial charge in [0, 0.05) is 18.2 Å². The van der Waals surface area contributed by atoms with Crippen molar-refractivity contribution >= 4 is 17.7 Å². The zero-order chi connectivity index (χ0) is 19.5. The van der Waals surface area contributed by atoms with Crippen LogP contribution in [0, 0.1) is 0 Å². The van der Waals surface area contributed by atoms with Crippen LogP contribution in [0.5, 0.6) is 5.75 Å². The molecule has 0 radical (unpaired) electrons. The molecule has 2 heterocycles. The summed E-state index contributed by atoms with van der Waals surface area (Å²) in [6, 6.07) is 8.15. The van der Waals surface area contributed by atoms with E-state index in [4.69, 9.17) is 9.47 Å². The van der Waals surface area contributed by atoms with Crippen molar-refractivity contribution in [2.45, 2.75) is 61.7 Å². The third-order valence-corrected chi connectivity index (χ3v) is 6.13. The number of carbonyl (C=O) groups excluding carboxylic acids is 1. The lowest BCUT2D eigenvalue weighted by Crippen LogP contribution is -2.32. The van der Waals surface area contributed by atoms with E-state index >= 15 is 0 Å². The molecule has 1 aromatic heterocycles. The predicted molar refractivity (Wildman–Crippen MR) is 107 cm³/mol. The van der Waals surface area contributed by atoms with Crippen molar-refractivity contribution in [2.24, 2.45) is 0 Å². The van der Waals surface area contributed by atoms with Gasteiger partial charge in [0.15, 0.2) is 11.0 Å². The first-order chi connectivity index (χ1) is 13.6. The fraction of sp³-hybridized carbons (Fsp3) is 0.550. The average Bonchev–Trinajstić information content (AvgIpc) is 3.22. The van der Waals surface area contributed by atoms with Crippen LogP contribution in [0.2, 0.25) is 0 Å². The first-order valence-corrected chi connectivity index (χ1v) is 10.7. The molecule has 2 atom stereocenters. The molecule has 1 aliphatic heterocycles. The first kappa shape index (κ1) is 19.3. The lowest BCUT2D eigenvalue weighted by molar-refractivity contribution is -0.120. The summed E-state index contributed by atoms with van der Waals surface area (Å²) in [4.78, 5) is 12.4. The number of ether oxygens (including phenoxy) is 2. The maximum Gasteiger partial charge on any atom is 0.233 e. The molecule has 2 aliphatic rings. The van der Waals surface area contributed by atoms with Gasteiger partial charge in [0.05, 0.1) is 25.0 Å². The Morgan fingerprint density at radius 2 is 2.11 bits per heavy atom. The SMILES string of the molecule is COc1ccc(-c2nnc(S[C@H](C)C(=O)NC3CC3)n2C[C@H]2CCCO2)cc1. The van der Waals surface area contributed by atoms with Gasteiger partial charge in [0.2, 0.25) is 5.91 Å². The molecular weight excluding hydrogens is 376 g/mol. The van der Waals surface area contributed by atoms with Crippen molar-refractivity contribution in [2.75, 3.05) is 13.7 Å². The van der Waals surface area contributed by atoms with Crippen molar-refractivity contribution < 1.29 is 14.3 Å². The number of carbonyl (C=O) groups is 1. The van der Waals surface area contributed by atoms with Crippen LogP contribution in [-0.4, -0.2) is 51.8 Å². The topological polar surface area (TPSA) is 78.3 Å². The number of methoxy groups -OCH3 is 1. The van der Waals surface area contributed by atoms with E-state index < -0.39 is 0 Å². The van der Waals surface area contributed by atoms with Gasteiger partial charge in [0.25, 0.3) is 0 Å². The minimum absolute atomic E-state index is 0.0603. The molecule has 150 valence electrons. The third-order valence-electron chi connectivity index (χ3n) is 5.05. The highest BCUT2D eigenvalue weighted by Gasteiger charge is 2.28. The smallest absolute Gasteiger partial charge is 0.233 e. The minimum Gasteiger partial charge on any atom is -0.497 e. The van der Waals surface area contributed by atoms with Crippen LogP contribution in [0.1, 0.15) is 32.6 Å². The summed E-state index contributed by atoms with van der Waals surface area (Å²) in [5.41, 5.74) is 0.966. The molecule has 1 amide bonds. The maximum absolute atomic E-state index is 12.4. The van der Waals surface area contributed by atoms with Gasteiger partial charge in [-0.15, -0.1) is 10.2 Å². The van der Waals surface area contributed by atoms with Crippen LogP contribution >= 0.6 is 11.8 Å². The number of nitrogens with one attached hydrogen (secondary N) is 1. The van der Waals surface area contributed by atoms with Gasteiger partial charge in [-0.25, -0.2) is 0 Å². The normalized spacial score (nSPS) is 20.1. The second kappa shape index (κ2) is 8.53. The molecule has 1 saturated heterocycles. The van der Waals surface area contributed by atoms with Crippen LogP contribution in [-0.2, 0) is 16.1 Å². The Bertz CT molecular complexity index is 813.